The third kappa shape index (κ3) is 2.28. The molecule has 7 nitrogen and oxygen atoms in total. The third-order valence-corrected chi connectivity index (χ3v) is 4.95. The highest BCUT2D eigenvalue weighted by Crippen LogP contribution is 2.47. The molecule has 1 N–H and O–H groups in total. The first-order valence-electron chi connectivity index (χ1n) is 8.14. The van der Waals surface area contributed by atoms with Gasteiger partial charge in [0, 0.05) is 32.0 Å². The third-order valence-electron chi connectivity index (χ3n) is 4.95. The second kappa shape index (κ2) is 5.07. The van der Waals surface area contributed by atoms with Crippen LogP contribution < -0.4 is 4.90 Å². The summed E-state index contributed by atoms with van der Waals surface area (Å²) >= 11 is 0. The first kappa shape index (κ1) is 13.7. The summed E-state index contributed by atoms with van der Waals surface area (Å²) in [6, 6.07) is 0. The Bertz CT molecular complexity index is 654. The van der Waals surface area contributed by atoms with E-state index in [1.807, 2.05) is 11.7 Å². The number of aryl methyl sites for hydroxylation is 1. The monoisotopic (exact) mass is 301 g/mol. The smallest absolute Gasteiger partial charge is 0.223 e. The predicted octanol–water partition coefficient (Wildman–Crippen LogP) is 1.69. The van der Waals surface area contributed by atoms with E-state index in [1.165, 1.54) is 12.8 Å². The fraction of sp³-hybridized carbons (Fsp3) is 0.733. The summed E-state index contributed by atoms with van der Waals surface area (Å²) in [4.78, 5) is 11.5. The Morgan fingerprint density at radius 1 is 1.27 bits per heavy atom. The molecule has 1 saturated heterocycles. The quantitative estimate of drug-likeness (QED) is 0.930. The largest absolute Gasteiger partial charge is 0.340 e. The second-order valence-corrected chi connectivity index (χ2v) is 6.93. The molecule has 2 atom stereocenters. The van der Waals surface area contributed by atoms with E-state index in [0.29, 0.717) is 17.8 Å². The maximum Gasteiger partial charge on any atom is 0.223 e. The maximum atomic E-state index is 4.75. The van der Waals surface area contributed by atoms with Gasteiger partial charge in [0.2, 0.25) is 5.95 Å². The Balaban J connectivity index is 1.60. The fourth-order valence-corrected chi connectivity index (χ4v) is 3.57. The van der Waals surface area contributed by atoms with Gasteiger partial charge in [-0.1, -0.05) is 13.8 Å². The van der Waals surface area contributed by atoms with Crippen molar-refractivity contribution in [2.75, 3.05) is 18.0 Å². The first-order valence-corrected chi connectivity index (χ1v) is 8.14. The Morgan fingerprint density at radius 3 is 2.68 bits per heavy atom. The minimum absolute atomic E-state index is 0.362. The highest BCUT2D eigenvalue weighted by atomic mass is 15.4. The molecule has 0 amide bonds. The summed E-state index contributed by atoms with van der Waals surface area (Å²) in [6.07, 6.45) is 4.32. The minimum atomic E-state index is 0.362. The van der Waals surface area contributed by atoms with E-state index >= 15 is 0 Å². The number of rotatable bonds is 4. The Labute approximate surface area is 130 Å². The van der Waals surface area contributed by atoms with Crippen molar-refractivity contribution < 1.29 is 0 Å². The van der Waals surface area contributed by atoms with Crippen LogP contribution in [0.1, 0.15) is 50.2 Å². The van der Waals surface area contributed by atoms with Crippen LogP contribution in [0.5, 0.6) is 0 Å². The topological polar surface area (TPSA) is 75.5 Å². The molecule has 22 heavy (non-hydrogen) atoms. The van der Waals surface area contributed by atoms with Crippen LogP contribution in [0.25, 0.3) is 0 Å². The van der Waals surface area contributed by atoms with Crippen LogP contribution in [0.2, 0.25) is 0 Å². The molecule has 0 unspecified atom stereocenters. The number of aromatic nitrogens is 6. The number of nitrogens with zero attached hydrogens (tertiary/aromatic N) is 6. The summed E-state index contributed by atoms with van der Waals surface area (Å²) in [6.45, 7) is 6.25. The number of H-pyrrole nitrogens is 1. The minimum Gasteiger partial charge on any atom is -0.340 e. The van der Waals surface area contributed by atoms with Gasteiger partial charge in [-0.3, -0.25) is 5.10 Å². The van der Waals surface area contributed by atoms with Gasteiger partial charge >= 0.3 is 0 Å². The van der Waals surface area contributed by atoms with Gasteiger partial charge in [0.1, 0.15) is 12.2 Å². The molecule has 0 bridgehead atoms. The molecule has 1 aliphatic heterocycles. The molecule has 0 radical (unpaired) electrons. The Kier molecular flexibility index (Phi) is 3.16. The Morgan fingerprint density at radius 2 is 2.09 bits per heavy atom. The molecule has 0 aromatic carbocycles. The molecule has 1 saturated carbocycles. The van der Waals surface area contributed by atoms with E-state index in [2.05, 4.69) is 39.0 Å². The van der Waals surface area contributed by atoms with Crippen molar-refractivity contribution in [2.24, 2.45) is 18.9 Å². The molecule has 0 spiro atoms. The molecule has 1 aliphatic carbocycles. The van der Waals surface area contributed by atoms with Crippen LogP contribution in [-0.4, -0.2) is 43.0 Å². The van der Waals surface area contributed by atoms with Crippen LogP contribution in [0.15, 0.2) is 6.33 Å². The fourth-order valence-electron chi connectivity index (χ4n) is 3.57. The Hall–Kier alpha value is -1.92. The zero-order valence-electron chi connectivity index (χ0n) is 13.4. The molecular formula is C15H23N7. The van der Waals surface area contributed by atoms with Crippen molar-refractivity contribution in [1.82, 2.24) is 29.9 Å². The van der Waals surface area contributed by atoms with Crippen molar-refractivity contribution >= 4 is 5.95 Å². The zero-order chi connectivity index (χ0) is 15.3. The average Bonchev–Trinajstić information content (AvgIpc) is 2.92. The lowest BCUT2D eigenvalue weighted by Gasteiger charge is -2.16. The molecule has 7 heteroatoms. The number of nitrogens with one attached hydrogen (secondary N) is 1. The molecule has 3 heterocycles. The molecular weight excluding hydrogens is 278 g/mol. The van der Waals surface area contributed by atoms with Gasteiger partial charge in [-0.2, -0.15) is 15.2 Å². The average molecular weight is 301 g/mol. The first-order chi connectivity index (χ1) is 10.6. The van der Waals surface area contributed by atoms with Gasteiger partial charge in [-0.05, 0) is 24.7 Å². The number of aromatic amines is 1. The van der Waals surface area contributed by atoms with Crippen molar-refractivity contribution in [1.29, 1.82) is 0 Å². The number of hydrogen-bond acceptors (Lipinski definition) is 5. The van der Waals surface area contributed by atoms with Crippen LogP contribution in [0.3, 0.4) is 0 Å². The number of anilines is 1. The summed E-state index contributed by atoms with van der Waals surface area (Å²) in [5.41, 5.74) is 0. The second-order valence-electron chi connectivity index (χ2n) is 6.93. The number of hydrogen-bond donors (Lipinski definition) is 1. The van der Waals surface area contributed by atoms with E-state index in [9.17, 15) is 0 Å². The van der Waals surface area contributed by atoms with Crippen LogP contribution in [0.4, 0.5) is 5.95 Å². The summed E-state index contributed by atoms with van der Waals surface area (Å²) in [5.74, 6) is 5.17. The van der Waals surface area contributed by atoms with Crippen molar-refractivity contribution in [3.05, 3.63) is 18.0 Å². The predicted molar refractivity (Wildman–Crippen MR) is 82.6 cm³/mol. The lowest BCUT2D eigenvalue weighted by molar-refractivity contribution is 0.444. The van der Waals surface area contributed by atoms with Gasteiger partial charge in [-0.25, -0.2) is 9.67 Å². The SMILES string of the molecule is CC(C)c1n[nH]c([C@H]2CN(c3ncnn3C)C[C@@H]2C2CC2)n1. The van der Waals surface area contributed by atoms with Crippen LogP contribution >= 0.6 is 0 Å². The van der Waals surface area contributed by atoms with E-state index < -0.39 is 0 Å². The van der Waals surface area contributed by atoms with Gasteiger partial charge in [-0.15, -0.1) is 0 Å². The maximum absolute atomic E-state index is 4.75. The molecule has 2 aromatic rings. The van der Waals surface area contributed by atoms with Gasteiger partial charge < -0.3 is 4.90 Å². The van der Waals surface area contributed by atoms with E-state index in [0.717, 1.165) is 36.6 Å². The lowest BCUT2D eigenvalue weighted by Crippen LogP contribution is -2.23. The van der Waals surface area contributed by atoms with Gasteiger partial charge in [0.15, 0.2) is 5.82 Å². The van der Waals surface area contributed by atoms with Crippen LogP contribution in [-0.2, 0) is 7.05 Å². The lowest BCUT2D eigenvalue weighted by atomic mass is 9.91. The normalized spacial score (nSPS) is 25.4. The highest BCUT2D eigenvalue weighted by molar-refractivity contribution is 5.34. The zero-order valence-corrected chi connectivity index (χ0v) is 13.4. The van der Waals surface area contributed by atoms with Crippen molar-refractivity contribution in [3.8, 4) is 0 Å². The molecule has 4 rings (SSSR count). The van der Waals surface area contributed by atoms with E-state index in [4.69, 9.17) is 4.98 Å². The molecule has 2 aromatic heterocycles. The molecule has 2 fully saturated rings. The standard InChI is InChI=1S/C15H23N7/c1-9(2)13-18-14(20-19-13)12-7-22(6-11(12)10-4-5-10)15-16-8-17-21(15)3/h8-12H,4-7H2,1-3H3,(H,18,19,20)/t11-,12+/m1/s1. The van der Waals surface area contributed by atoms with E-state index in [-0.39, 0.29) is 0 Å². The summed E-state index contributed by atoms with van der Waals surface area (Å²) in [5, 5.41) is 11.8. The molecule has 118 valence electrons. The van der Waals surface area contributed by atoms with E-state index in [1.54, 1.807) is 6.33 Å². The van der Waals surface area contributed by atoms with Crippen molar-refractivity contribution in [3.63, 3.8) is 0 Å². The van der Waals surface area contributed by atoms with Gasteiger partial charge in [0.05, 0.1) is 0 Å². The highest BCUT2D eigenvalue weighted by Gasteiger charge is 2.45. The van der Waals surface area contributed by atoms with Gasteiger partial charge in [0.25, 0.3) is 0 Å². The summed E-state index contributed by atoms with van der Waals surface area (Å²) < 4.78 is 1.85. The van der Waals surface area contributed by atoms with Crippen LogP contribution in [0, 0.1) is 11.8 Å². The van der Waals surface area contributed by atoms with Crippen molar-refractivity contribution in [2.45, 2.75) is 38.5 Å². The summed E-state index contributed by atoms with van der Waals surface area (Å²) in [7, 11) is 1.95. The molecule has 2 aliphatic rings.